The smallest absolute Gasteiger partial charge is 0.133 e. The molecule has 5 heteroatoms. The second kappa shape index (κ2) is 5.54. The molecule has 0 aliphatic carbocycles. The summed E-state index contributed by atoms with van der Waals surface area (Å²) in [4.78, 5) is 4.26. The summed E-state index contributed by atoms with van der Waals surface area (Å²) >= 11 is 0. The van der Waals surface area contributed by atoms with Gasteiger partial charge in [0.1, 0.15) is 12.2 Å². The third-order valence-electron chi connectivity index (χ3n) is 2.63. The quantitative estimate of drug-likeness (QED) is 0.775. The van der Waals surface area contributed by atoms with Crippen LogP contribution in [-0.4, -0.2) is 26.3 Å². The molecule has 1 N–H and O–H groups in total. The molecule has 0 spiro atoms. The van der Waals surface area contributed by atoms with E-state index in [1.807, 2.05) is 30.8 Å². The fourth-order valence-electron chi connectivity index (χ4n) is 1.57. The van der Waals surface area contributed by atoms with Crippen LogP contribution in [0, 0.1) is 6.92 Å². The lowest BCUT2D eigenvalue weighted by atomic mass is 10.2. The number of hydrogen-bond acceptors (Lipinski definition) is 4. The van der Waals surface area contributed by atoms with Crippen LogP contribution in [0.15, 0.2) is 24.7 Å². The first-order chi connectivity index (χ1) is 8.25. The van der Waals surface area contributed by atoms with Crippen LogP contribution in [0.5, 0.6) is 0 Å². The van der Waals surface area contributed by atoms with Gasteiger partial charge in [-0.1, -0.05) is 6.07 Å². The number of nitrogens with zero attached hydrogens (tertiary/aromatic N) is 4. The number of hydrogen-bond donors (Lipinski definition) is 1. The third kappa shape index (κ3) is 3.35. The van der Waals surface area contributed by atoms with E-state index < -0.39 is 0 Å². The molecule has 2 heterocycles. The molecule has 0 saturated carbocycles. The average molecular weight is 231 g/mol. The van der Waals surface area contributed by atoms with E-state index in [0.29, 0.717) is 0 Å². The maximum absolute atomic E-state index is 4.26. The first-order valence-corrected chi connectivity index (χ1v) is 5.71. The first kappa shape index (κ1) is 11.7. The first-order valence-electron chi connectivity index (χ1n) is 5.71. The lowest BCUT2D eigenvalue weighted by Gasteiger charge is -2.04. The van der Waals surface area contributed by atoms with Crippen LogP contribution in [-0.2, 0) is 20.0 Å². The molecular formula is C12H17N5. The monoisotopic (exact) mass is 231 g/mol. The Bertz CT molecular complexity index is 460. The summed E-state index contributed by atoms with van der Waals surface area (Å²) in [5.41, 5.74) is 2.25. The maximum atomic E-state index is 4.26. The Morgan fingerprint density at radius 3 is 2.88 bits per heavy atom. The zero-order chi connectivity index (χ0) is 12.1. The Kier molecular flexibility index (Phi) is 3.82. The highest BCUT2D eigenvalue weighted by Gasteiger charge is 1.99. The second-order valence-corrected chi connectivity index (χ2v) is 4.09. The number of aromatic nitrogens is 4. The van der Waals surface area contributed by atoms with Gasteiger partial charge < -0.3 is 9.88 Å². The second-order valence-electron chi connectivity index (χ2n) is 4.09. The zero-order valence-electron chi connectivity index (χ0n) is 10.2. The van der Waals surface area contributed by atoms with Gasteiger partial charge in [-0.2, -0.15) is 0 Å². The Labute approximate surface area is 101 Å². The zero-order valence-corrected chi connectivity index (χ0v) is 10.2. The van der Waals surface area contributed by atoms with Crippen molar-refractivity contribution in [3.63, 3.8) is 0 Å². The van der Waals surface area contributed by atoms with Crippen LogP contribution in [0.2, 0.25) is 0 Å². The molecule has 0 radical (unpaired) electrons. The van der Waals surface area contributed by atoms with E-state index in [4.69, 9.17) is 0 Å². The van der Waals surface area contributed by atoms with Gasteiger partial charge in [-0.05, 0) is 18.6 Å². The minimum Gasteiger partial charge on any atom is -0.321 e. The van der Waals surface area contributed by atoms with Gasteiger partial charge in [-0.15, -0.1) is 10.2 Å². The van der Waals surface area contributed by atoms with Crippen molar-refractivity contribution in [2.45, 2.75) is 19.9 Å². The number of aryl methyl sites for hydroxylation is 2. The molecule has 0 unspecified atom stereocenters. The van der Waals surface area contributed by atoms with Crippen molar-refractivity contribution in [2.75, 3.05) is 6.54 Å². The molecule has 0 saturated heterocycles. The van der Waals surface area contributed by atoms with Gasteiger partial charge in [0.2, 0.25) is 0 Å². The number of rotatable bonds is 5. The lowest BCUT2D eigenvalue weighted by molar-refractivity contribution is 0.652. The number of nitrogens with one attached hydrogen (secondary N) is 1. The molecule has 2 aromatic rings. The molecule has 0 fully saturated rings. The Morgan fingerprint density at radius 1 is 1.35 bits per heavy atom. The van der Waals surface area contributed by atoms with Gasteiger partial charge >= 0.3 is 0 Å². The van der Waals surface area contributed by atoms with Crippen LogP contribution in [0.4, 0.5) is 0 Å². The lowest BCUT2D eigenvalue weighted by Crippen LogP contribution is -2.18. The molecule has 0 amide bonds. The summed E-state index contributed by atoms with van der Waals surface area (Å²) in [6, 6.07) is 4.12. The molecule has 0 aliphatic heterocycles. The minimum absolute atomic E-state index is 0.838. The topological polar surface area (TPSA) is 55.6 Å². The SMILES string of the molecule is Cc1ccc(CNCCc2nncn2C)cn1. The minimum atomic E-state index is 0.838. The highest BCUT2D eigenvalue weighted by molar-refractivity contribution is 5.12. The molecule has 2 aromatic heterocycles. The van der Waals surface area contributed by atoms with E-state index in [0.717, 1.165) is 31.0 Å². The molecule has 90 valence electrons. The summed E-state index contributed by atoms with van der Waals surface area (Å²) < 4.78 is 1.94. The van der Waals surface area contributed by atoms with Crippen LogP contribution >= 0.6 is 0 Å². The summed E-state index contributed by atoms with van der Waals surface area (Å²) in [6.07, 6.45) is 4.51. The number of pyridine rings is 1. The fraction of sp³-hybridized carbons (Fsp3) is 0.417. The highest BCUT2D eigenvalue weighted by Crippen LogP contribution is 1.98. The van der Waals surface area contributed by atoms with E-state index >= 15 is 0 Å². The molecule has 2 rings (SSSR count). The largest absolute Gasteiger partial charge is 0.321 e. The Morgan fingerprint density at radius 2 is 2.24 bits per heavy atom. The van der Waals surface area contributed by atoms with Crippen molar-refractivity contribution in [1.29, 1.82) is 0 Å². The Hall–Kier alpha value is -1.75. The molecule has 5 nitrogen and oxygen atoms in total. The van der Waals surface area contributed by atoms with Crippen molar-refractivity contribution in [3.05, 3.63) is 41.7 Å². The standard InChI is InChI=1S/C12H17N5/c1-10-3-4-11(8-14-10)7-13-6-5-12-16-15-9-17(12)2/h3-4,8-9,13H,5-7H2,1-2H3. The van der Waals surface area contributed by atoms with E-state index in [9.17, 15) is 0 Å². The van der Waals surface area contributed by atoms with Gasteiger partial charge in [-0.3, -0.25) is 4.98 Å². The van der Waals surface area contributed by atoms with Crippen LogP contribution in [0.1, 0.15) is 17.1 Å². The van der Waals surface area contributed by atoms with E-state index in [1.54, 1.807) is 6.33 Å². The van der Waals surface area contributed by atoms with Gasteiger partial charge in [0.15, 0.2) is 0 Å². The molecule has 0 bridgehead atoms. The van der Waals surface area contributed by atoms with Gasteiger partial charge in [0.05, 0.1) is 0 Å². The Balaban J connectivity index is 1.73. The summed E-state index contributed by atoms with van der Waals surface area (Å²) in [5, 5.41) is 11.2. The van der Waals surface area contributed by atoms with Crippen molar-refractivity contribution in [3.8, 4) is 0 Å². The van der Waals surface area contributed by atoms with E-state index in [2.05, 4.69) is 26.6 Å². The summed E-state index contributed by atoms with van der Waals surface area (Å²) in [7, 11) is 1.96. The van der Waals surface area contributed by atoms with Crippen molar-refractivity contribution >= 4 is 0 Å². The normalized spacial score (nSPS) is 10.7. The molecule has 17 heavy (non-hydrogen) atoms. The predicted molar refractivity (Wildman–Crippen MR) is 65.4 cm³/mol. The summed E-state index contributed by atoms with van der Waals surface area (Å²) in [5.74, 6) is 1.000. The van der Waals surface area contributed by atoms with Gasteiger partial charge in [-0.25, -0.2) is 0 Å². The van der Waals surface area contributed by atoms with Gasteiger partial charge in [0, 0.05) is 38.4 Å². The van der Waals surface area contributed by atoms with Crippen molar-refractivity contribution in [1.82, 2.24) is 25.1 Å². The fourth-order valence-corrected chi connectivity index (χ4v) is 1.57. The summed E-state index contributed by atoms with van der Waals surface area (Å²) in [6.45, 7) is 3.72. The molecule has 0 aliphatic rings. The molecule has 0 aromatic carbocycles. The van der Waals surface area contributed by atoms with Crippen molar-refractivity contribution in [2.24, 2.45) is 7.05 Å². The van der Waals surface area contributed by atoms with E-state index in [1.165, 1.54) is 5.56 Å². The predicted octanol–water partition coefficient (Wildman–Crippen LogP) is 0.851. The van der Waals surface area contributed by atoms with Gasteiger partial charge in [0.25, 0.3) is 0 Å². The molecular weight excluding hydrogens is 214 g/mol. The van der Waals surface area contributed by atoms with E-state index in [-0.39, 0.29) is 0 Å². The third-order valence-corrected chi connectivity index (χ3v) is 2.63. The maximum Gasteiger partial charge on any atom is 0.133 e. The average Bonchev–Trinajstić information content (AvgIpc) is 2.73. The molecule has 0 atom stereocenters. The highest BCUT2D eigenvalue weighted by atomic mass is 15.2. The van der Waals surface area contributed by atoms with Crippen molar-refractivity contribution < 1.29 is 0 Å². The van der Waals surface area contributed by atoms with Crippen LogP contribution < -0.4 is 5.32 Å². The van der Waals surface area contributed by atoms with Crippen LogP contribution in [0.3, 0.4) is 0 Å². The van der Waals surface area contributed by atoms with Crippen LogP contribution in [0.25, 0.3) is 0 Å².